The van der Waals surface area contributed by atoms with Gasteiger partial charge in [0.1, 0.15) is 5.52 Å². The van der Waals surface area contributed by atoms with Crippen LogP contribution >= 0.6 is 0 Å². The summed E-state index contributed by atoms with van der Waals surface area (Å²) in [5.41, 5.74) is 3.25. The topological polar surface area (TPSA) is 71.0 Å². The van der Waals surface area contributed by atoms with Gasteiger partial charge in [0.15, 0.2) is 5.65 Å². The number of anilines is 2. The Morgan fingerprint density at radius 2 is 1.96 bits per heavy atom. The van der Waals surface area contributed by atoms with Crippen molar-refractivity contribution in [2.45, 2.75) is 12.8 Å². The van der Waals surface area contributed by atoms with Crippen molar-refractivity contribution < 1.29 is 4.79 Å². The summed E-state index contributed by atoms with van der Waals surface area (Å²) in [6, 6.07) is 11.6. The number of hydrogen-bond donors (Lipinski definition) is 1. The molecule has 0 aliphatic carbocycles. The molecule has 1 fully saturated rings. The number of rotatable bonds is 3. The quantitative estimate of drug-likeness (QED) is 0.798. The fourth-order valence-electron chi connectivity index (χ4n) is 3.21. The maximum atomic E-state index is 12.6. The van der Waals surface area contributed by atoms with E-state index in [0.717, 1.165) is 36.3 Å². The lowest BCUT2D eigenvalue weighted by Crippen LogP contribution is -2.40. The van der Waals surface area contributed by atoms with Gasteiger partial charge in [-0.25, -0.2) is 9.97 Å². The second-order valence-corrected chi connectivity index (χ2v) is 6.23. The largest absolute Gasteiger partial charge is 0.369 e. The van der Waals surface area contributed by atoms with Crippen molar-refractivity contribution in [3.63, 3.8) is 0 Å². The first-order chi connectivity index (χ1) is 12.3. The lowest BCUT2D eigenvalue weighted by molar-refractivity contribution is -0.120. The van der Waals surface area contributed by atoms with E-state index in [9.17, 15) is 4.79 Å². The Kier molecular flexibility index (Phi) is 4.24. The van der Waals surface area contributed by atoms with Gasteiger partial charge in [-0.3, -0.25) is 9.78 Å². The molecule has 0 spiro atoms. The number of hydrogen-bond acceptors (Lipinski definition) is 5. The molecule has 3 aromatic rings. The van der Waals surface area contributed by atoms with E-state index in [1.54, 1.807) is 12.4 Å². The summed E-state index contributed by atoms with van der Waals surface area (Å²) in [5.74, 6) is 0.0379. The van der Waals surface area contributed by atoms with Crippen LogP contribution in [0.2, 0.25) is 0 Å². The number of pyridine rings is 1. The predicted octanol–water partition coefficient (Wildman–Crippen LogP) is 2.88. The lowest BCUT2D eigenvalue weighted by atomic mass is 9.96. The Bertz CT molecular complexity index is 883. The molecular weight excluding hydrogens is 314 g/mol. The Morgan fingerprint density at radius 1 is 1.12 bits per heavy atom. The third-order valence-corrected chi connectivity index (χ3v) is 4.51. The summed E-state index contributed by atoms with van der Waals surface area (Å²) in [7, 11) is 0. The number of nitrogens with one attached hydrogen (secondary N) is 1. The minimum absolute atomic E-state index is 0.0356. The number of benzene rings is 1. The van der Waals surface area contributed by atoms with Gasteiger partial charge in [-0.15, -0.1) is 0 Å². The monoisotopic (exact) mass is 333 g/mol. The summed E-state index contributed by atoms with van der Waals surface area (Å²) in [6.07, 6.45) is 7.00. The molecule has 2 aromatic heterocycles. The molecule has 1 aliphatic rings. The summed E-state index contributed by atoms with van der Waals surface area (Å²) in [4.78, 5) is 27.7. The van der Waals surface area contributed by atoms with E-state index < -0.39 is 0 Å². The highest BCUT2D eigenvalue weighted by atomic mass is 16.1. The molecule has 1 aliphatic heterocycles. The zero-order valence-electron chi connectivity index (χ0n) is 13.8. The summed E-state index contributed by atoms with van der Waals surface area (Å²) in [6.45, 7) is 1.61. The van der Waals surface area contributed by atoms with Gasteiger partial charge in [-0.05, 0) is 31.0 Å². The fraction of sp³-hybridized carbons (Fsp3) is 0.263. The average molecular weight is 333 g/mol. The minimum Gasteiger partial charge on any atom is -0.369 e. The molecule has 0 bridgehead atoms. The first kappa shape index (κ1) is 15.5. The van der Waals surface area contributed by atoms with E-state index in [1.165, 1.54) is 0 Å². The fourth-order valence-corrected chi connectivity index (χ4v) is 3.21. The molecule has 25 heavy (non-hydrogen) atoms. The molecular formula is C19H19N5O. The van der Waals surface area contributed by atoms with Crippen molar-refractivity contribution in [1.29, 1.82) is 0 Å². The van der Waals surface area contributed by atoms with Crippen LogP contribution in [0.15, 0.2) is 55.0 Å². The van der Waals surface area contributed by atoms with Crippen LogP contribution in [0, 0.1) is 5.92 Å². The number of fused-ring (bicyclic) bond motifs is 1. The second kappa shape index (κ2) is 6.84. The molecule has 0 saturated carbocycles. The van der Waals surface area contributed by atoms with E-state index in [0.29, 0.717) is 12.2 Å². The average Bonchev–Trinajstić information content (AvgIpc) is 2.68. The number of carbonyl (C=O) groups is 1. The van der Waals surface area contributed by atoms with Crippen molar-refractivity contribution in [1.82, 2.24) is 15.0 Å². The molecule has 6 heteroatoms. The number of para-hydroxylation sites is 1. The molecule has 0 unspecified atom stereocenters. The molecule has 4 rings (SSSR count). The van der Waals surface area contributed by atoms with Crippen molar-refractivity contribution >= 4 is 28.4 Å². The van der Waals surface area contributed by atoms with E-state index in [2.05, 4.69) is 25.2 Å². The number of piperidine rings is 1. The van der Waals surface area contributed by atoms with Crippen LogP contribution in [0.25, 0.3) is 11.2 Å². The van der Waals surface area contributed by atoms with Gasteiger partial charge in [0.2, 0.25) is 5.91 Å². The maximum absolute atomic E-state index is 12.6. The SMILES string of the molecule is O=C(Nc1ccccc1)[C@H]1CCCN(c2cnc3nccnc3c2)C1. The molecule has 1 aromatic carbocycles. The van der Waals surface area contributed by atoms with Crippen molar-refractivity contribution in [3.05, 3.63) is 55.0 Å². The number of aromatic nitrogens is 3. The highest BCUT2D eigenvalue weighted by Gasteiger charge is 2.26. The molecule has 1 atom stereocenters. The van der Waals surface area contributed by atoms with Crippen LogP contribution < -0.4 is 10.2 Å². The minimum atomic E-state index is -0.0356. The first-order valence-electron chi connectivity index (χ1n) is 8.47. The third kappa shape index (κ3) is 3.42. The van der Waals surface area contributed by atoms with Gasteiger partial charge in [-0.1, -0.05) is 18.2 Å². The Balaban J connectivity index is 1.49. The zero-order chi connectivity index (χ0) is 17.1. The summed E-state index contributed by atoms with van der Waals surface area (Å²) >= 11 is 0. The van der Waals surface area contributed by atoms with Gasteiger partial charge < -0.3 is 10.2 Å². The van der Waals surface area contributed by atoms with Crippen molar-refractivity contribution in [2.24, 2.45) is 5.92 Å². The summed E-state index contributed by atoms with van der Waals surface area (Å²) in [5, 5.41) is 3.01. The Morgan fingerprint density at radius 3 is 2.84 bits per heavy atom. The molecule has 1 N–H and O–H groups in total. The van der Waals surface area contributed by atoms with Gasteiger partial charge in [-0.2, -0.15) is 0 Å². The van der Waals surface area contributed by atoms with Crippen molar-refractivity contribution in [2.75, 3.05) is 23.3 Å². The van der Waals surface area contributed by atoms with Crippen LogP contribution in [0.3, 0.4) is 0 Å². The van der Waals surface area contributed by atoms with E-state index in [4.69, 9.17) is 0 Å². The van der Waals surface area contributed by atoms with Crippen LogP contribution in [-0.4, -0.2) is 33.9 Å². The van der Waals surface area contributed by atoms with Gasteiger partial charge in [0.05, 0.1) is 17.8 Å². The van der Waals surface area contributed by atoms with Crippen LogP contribution in [-0.2, 0) is 4.79 Å². The Labute approximate surface area is 145 Å². The van der Waals surface area contributed by atoms with Crippen LogP contribution in [0.5, 0.6) is 0 Å². The van der Waals surface area contributed by atoms with E-state index in [1.807, 2.05) is 42.6 Å². The van der Waals surface area contributed by atoms with Crippen LogP contribution in [0.1, 0.15) is 12.8 Å². The molecule has 0 radical (unpaired) electrons. The number of nitrogens with zero attached hydrogens (tertiary/aromatic N) is 4. The molecule has 3 heterocycles. The third-order valence-electron chi connectivity index (χ3n) is 4.51. The van der Waals surface area contributed by atoms with Gasteiger partial charge in [0, 0.05) is 31.2 Å². The summed E-state index contributed by atoms with van der Waals surface area (Å²) < 4.78 is 0. The lowest BCUT2D eigenvalue weighted by Gasteiger charge is -2.33. The molecule has 126 valence electrons. The van der Waals surface area contributed by atoms with Gasteiger partial charge in [0.25, 0.3) is 0 Å². The highest BCUT2D eigenvalue weighted by molar-refractivity contribution is 5.93. The predicted molar refractivity (Wildman–Crippen MR) is 97.3 cm³/mol. The molecule has 6 nitrogen and oxygen atoms in total. The molecule has 1 saturated heterocycles. The molecule has 1 amide bonds. The highest BCUT2D eigenvalue weighted by Crippen LogP contribution is 2.25. The second-order valence-electron chi connectivity index (χ2n) is 6.23. The van der Waals surface area contributed by atoms with Crippen molar-refractivity contribution in [3.8, 4) is 0 Å². The smallest absolute Gasteiger partial charge is 0.229 e. The Hall–Kier alpha value is -3.02. The standard InChI is InChI=1S/C19H19N5O/c25-19(23-15-6-2-1-3-7-15)14-5-4-10-24(13-14)16-11-17-18(22-12-16)21-9-8-20-17/h1-3,6-9,11-12,14H,4-5,10,13H2,(H,23,25)/t14-/m0/s1. The number of carbonyl (C=O) groups excluding carboxylic acids is 1. The zero-order valence-corrected chi connectivity index (χ0v) is 13.8. The number of amides is 1. The maximum Gasteiger partial charge on any atom is 0.229 e. The first-order valence-corrected chi connectivity index (χ1v) is 8.47. The van der Waals surface area contributed by atoms with Gasteiger partial charge >= 0.3 is 0 Å². The van der Waals surface area contributed by atoms with Crippen LogP contribution in [0.4, 0.5) is 11.4 Å². The normalized spacial score (nSPS) is 17.4. The van der Waals surface area contributed by atoms with E-state index in [-0.39, 0.29) is 11.8 Å². The van der Waals surface area contributed by atoms with E-state index >= 15 is 0 Å².